The monoisotopic (exact) mass is 360 g/mol. The Kier molecular flexibility index (Phi) is 12.0. The van der Waals surface area contributed by atoms with Crippen molar-refractivity contribution in [1.29, 1.82) is 0 Å². The maximum Gasteiger partial charge on any atom is 0.165 e. The van der Waals surface area contributed by atoms with Crippen molar-refractivity contribution in [3.63, 3.8) is 0 Å². The highest BCUT2D eigenvalue weighted by Crippen LogP contribution is 2.23. The topological polar surface area (TPSA) is 78.2 Å². The van der Waals surface area contributed by atoms with E-state index in [-0.39, 0.29) is 27.3 Å². The third-order valence-electron chi connectivity index (χ3n) is 2.90. The Morgan fingerprint density at radius 3 is 2.44 bits per heavy atom. The van der Waals surface area contributed by atoms with Gasteiger partial charge in [0.05, 0.1) is 12.6 Å². The highest BCUT2D eigenvalue weighted by molar-refractivity contribution is 7.97. The van der Waals surface area contributed by atoms with E-state index in [4.69, 9.17) is 10.3 Å². The highest BCUT2D eigenvalue weighted by atomic mass is 32.2. The van der Waals surface area contributed by atoms with Crippen LogP contribution < -0.4 is 4.74 Å². The molecular formula is C17H20BFN3O2S. The minimum absolute atomic E-state index is 0. The van der Waals surface area contributed by atoms with E-state index in [9.17, 15) is 9.50 Å². The van der Waals surface area contributed by atoms with Gasteiger partial charge in [0.15, 0.2) is 11.6 Å². The Labute approximate surface area is 153 Å². The van der Waals surface area contributed by atoms with Gasteiger partial charge in [0.1, 0.15) is 6.61 Å². The molecule has 0 aliphatic carbocycles. The first-order valence-corrected chi connectivity index (χ1v) is 8.80. The van der Waals surface area contributed by atoms with Crippen LogP contribution in [0.3, 0.4) is 0 Å². The zero-order chi connectivity index (χ0) is 17.8. The van der Waals surface area contributed by atoms with Gasteiger partial charge in [-0.05, 0) is 41.3 Å². The molecule has 2 rings (SSSR count). The summed E-state index contributed by atoms with van der Waals surface area (Å²) in [4.78, 5) is 2.55. The standard InChI is InChI=1S/C15H14FN3O2.C2H6S.B/c16-13-8-12(14(20)9-18-19-17)6-7-15(13)21-10-11-4-2-1-3-5-11;1-3-2;/h1-8,14,20H,9-10H2;1-2H3;/t14-;;/m0../s1. The fourth-order valence-corrected chi connectivity index (χ4v) is 1.80. The summed E-state index contributed by atoms with van der Waals surface area (Å²) in [7, 11) is 0. The van der Waals surface area contributed by atoms with Crippen molar-refractivity contribution < 1.29 is 14.2 Å². The number of aliphatic hydroxyl groups is 1. The van der Waals surface area contributed by atoms with Crippen LogP contribution in [-0.4, -0.2) is 32.6 Å². The lowest BCUT2D eigenvalue weighted by Gasteiger charge is -2.11. The molecule has 0 amide bonds. The van der Waals surface area contributed by atoms with Crippen molar-refractivity contribution in [3.8, 4) is 5.75 Å². The smallest absolute Gasteiger partial charge is 0.165 e. The molecule has 5 nitrogen and oxygen atoms in total. The molecule has 0 aliphatic heterocycles. The summed E-state index contributed by atoms with van der Waals surface area (Å²) in [6, 6.07) is 13.6. The van der Waals surface area contributed by atoms with Crippen molar-refractivity contribution in [3.05, 3.63) is 75.9 Å². The van der Waals surface area contributed by atoms with Gasteiger partial charge in [-0.2, -0.15) is 11.8 Å². The van der Waals surface area contributed by atoms with Gasteiger partial charge in [0.25, 0.3) is 0 Å². The Hall–Kier alpha value is -2.15. The number of nitrogens with zero attached hydrogens (tertiary/aromatic N) is 3. The quantitative estimate of drug-likeness (QED) is 0.360. The molecule has 0 heterocycles. The molecule has 131 valence electrons. The molecule has 0 aliphatic rings. The van der Waals surface area contributed by atoms with Crippen LogP contribution in [0.4, 0.5) is 4.39 Å². The molecule has 1 atom stereocenters. The molecule has 0 saturated carbocycles. The van der Waals surface area contributed by atoms with Crippen LogP contribution in [0.5, 0.6) is 5.75 Å². The number of rotatable bonds is 6. The third kappa shape index (κ3) is 8.49. The Morgan fingerprint density at radius 1 is 1.24 bits per heavy atom. The molecule has 0 aromatic heterocycles. The summed E-state index contributed by atoms with van der Waals surface area (Å²) >= 11 is 1.75. The summed E-state index contributed by atoms with van der Waals surface area (Å²) in [5.41, 5.74) is 9.47. The third-order valence-corrected chi connectivity index (χ3v) is 2.90. The lowest BCUT2D eigenvalue weighted by atomic mass is 10.1. The van der Waals surface area contributed by atoms with Gasteiger partial charge in [-0.25, -0.2) is 4.39 Å². The lowest BCUT2D eigenvalue weighted by Crippen LogP contribution is -2.03. The molecule has 25 heavy (non-hydrogen) atoms. The van der Waals surface area contributed by atoms with E-state index in [1.165, 1.54) is 12.1 Å². The number of ether oxygens (including phenoxy) is 1. The first-order chi connectivity index (χ1) is 11.6. The second-order valence-electron chi connectivity index (χ2n) is 4.80. The van der Waals surface area contributed by atoms with Gasteiger partial charge in [0.2, 0.25) is 0 Å². The Bertz CT molecular complexity index is 670. The molecule has 3 radical (unpaired) electrons. The van der Waals surface area contributed by atoms with Gasteiger partial charge >= 0.3 is 0 Å². The van der Waals surface area contributed by atoms with Crippen molar-refractivity contribution in [2.24, 2.45) is 5.11 Å². The summed E-state index contributed by atoms with van der Waals surface area (Å²) in [6.45, 7) is 0.124. The molecular weight excluding hydrogens is 340 g/mol. The number of hydrogen-bond acceptors (Lipinski definition) is 4. The molecule has 1 N–H and O–H groups in total. The summed E-state index contributed by atoms with van der Waals surface area (Å²) in [6.07, 6.45) is 3.05. The fourth-order valence-electron chi connectivity index (χ4n) is 1.80. The van der Waals surface area contributed by atoms with Crippen LogP contribution in [0.25, 0.3) is 10.4 Å². The first-order valence-electron chi connectivity index (χ1n) is 7.17. The first kappa shape index (κ1) is 22.9. The molecule has 8 heteroatoms. The fraction of sp³-hybridized carbons (Fsp3) is 0.294. The van der Waals surface area contributed by atoms with Crippen LogP contribution in [0.2, 0.25) is 0 Å². The van der Waals surface area contributed by atoms with Crippen molar-refractivity contribution in [2.45, 2.75) is 12.7 Å². The van der Waals surface area contributed by atoms with E-state index in [1.807, 2.05) is 42.8 Å². The van der Waals surface area contributed by atoms with E-state index >= 15 is 0 Å². The van der Waals surface area contributed by atoms with E-state index in [2.05, 4.69) is 10.0 Å². The van der Waals surface area contributed by atoms with Crippen molar-refractivity contribution in [2.75, 3.05) is 19.1 Å². The lowest BCUT2D eigenvalue weighted by molar-refractivity contribution is 0.186. The molecule has 0 unspecified atom stereocenters. The zero-order valence-corrected chi connectivity index (χ0v) is 15.0. The number of azide groups is 1. The Morgan fingerprint density at radius 2 is 1.88 bits per heavy atom. The molecule has 0 fully saturated rings. The zero-order valence-electron chi connectivity index (χ0n) is 14.2. The second kappa shape index (κ2) is 13.2. The minimum Gasteiger partial charge on any atom is -0.486 e. The van der Waals surface area contributed by atoms with E-state index in [0.717, 1.165) is 5.56 Å². The normalized spacial score (nSPS) is 10.4. The Balaban J connectivity index is 0.00000134. The van der Waals surface area contributed by atoms with Crippen molar-refractivity contribution in [1.82, 2.24) is 0 Å². The van der Waals surface area contributed by atoms with Crippen LogP contribution in [0.15, 0.2) is 53.6 Å². The number of aliphatic hydroxyl groups excluding tert-OH is 1. The summed E-state index contributed by atoms with van der Waals surface area (Å²) in [5, 5.41) is 13.0. The van der Waals surface area contributed by atoms with E-state index in [0.29, 0.717) is 5.56 Å². The minimum atomic E-state index is -1.03. The van der Waals surface area contributed by atoms with Gasteiger partial charge in [-0.15, -0.1) is 0 Å². The number of hydrogen-bond donors (Lipinski definition) is 1. The number of halogens is 1. The highest BCUT2D eigenvalue weighted by Gasteiger charge is 2.11. The van der Waals surface area contributed by atoms with Crippen LogP contribution >= 0.6 is 11.8 Å². The molecule has 0 bridgehead atoms. The maximum absolute atomic E-state index is 13.9. The average Bonchev–Trinajstić information content (AvgIpc) is 2.60. The predicted molar refractivity (Wildman–Crippen MR) is 101 cm³/mol. The molecule has 2 aromatic carbocycles. The van der Waals surface area contributed by atoms with Gasteiger partial charge < -0.3 is 9.84 Å². The predicted octanol–water partition coefficient (Wildman–Crippen LogP) is 4.35. The molecule has 0 saturated heterocycles. The molecule has 0 spiro atoms. The molecule has 2 aromatic rings. The van der Waals surface area contributed by atoms with Gasteiger partial charge in [-0.1, -0.05) is 41.5 Å². The maximum atomic E-state index is 13.9. The summed E-state index contributed by atoms with van der Waals surface area (Å²) < 4.78 is 19.3. The van der Waals surface area contributed by atoms with Gasteiger partial charge in [0, 0.05) is 13.3 Å². The largest absolute Gasteiger partial charge is 0.486 e. The van der Waals surface area contributed by atoms with E-state index < -0.39 is 11.9 Å². The van der Waals surface area contributed by atoms with E-state index in [1.54, 1.807) is 17.8 Å². The number of benzene rings is 2. The van der Waals surface area contributed by atoms with Crippen molar-refractivity contribution >= 4 is 20.2 Å². The SMILES string of the molecule is CSC.[B].[N-]=[N+]=NC[C@H](O)c1ccc(OCc2ccccc2)c(F)c1. The van der Waals surface area contributed by atoms with Crippen LogP contribution in [-0.2, 0) is 6.61 Å². The van der Waals surface area contributed by atoms with Gasteiger partial charge in [-0.3, -0.25) is 0 Å². The second-order valence-corrected chi connectivity index (χ2v) is 5.62. The van der Waals surface area contributed by atoms with Crippen LogP contribution in [0, 0.1) is 5.82 Å². The average molecular weight is 360 g/mol. The van der Waals surface area contributed by atoms with Crippen LogP contribution in [0.1, 0.15) is 17.2 Å². The number of thioether (sulfide) groups is 1. The summed E-state index contributed by atoms with van der Waals surface area (Å²) in [5.74, 6) is -0.456.